The van der Waals surface area contributed by atoms with Crippen molar-refractivity contribution in [3.05, 3.63) is 48.0 Å². The van der Waals surface area contributed by atoms with Crippen LogP contribution in [0.4, 0.5) is 11.4 Å². The average molecular weight is 354 g/mol. The second kappa shape index (κ2) is 7.91. The van der Waals surface area contributed by atoms with Gasteiger partial charge in [-0.05, 0) is 54.4 Å². The SMILES string of the molecule is COc1ccc(OCCC(=O)Nc2ccc3c(c2)CCN3C(C)=O)cc1. The molecule has 0 fully saturated rings. The first-order valence-corrected chi connectivity index (χ1v) is 8.54. The van der Waals surface area contributed by atoms with Crippen LogP contribution in [-0.2, 0) is 16.0 Å². The lowest BCUT2D eigenvalue weighted by molar-refractivity contribution is -0.117. The number of nitrogens with one attached hydrogen (secondary N) is 1. The van der Waals surface area contributed by atoms with Gasteiger partial charge in [-0.2, -0.15) is 0 Å². The van der Waals surface area contributed by atoms with E-state index in [-0.39, 0.29) is 18.2 Å². The Morgan fingerprint density at radius 1 is 1.12 bits per heavy atom. The minimum Gasteiger partial charge on any atom is -0.497 e. The highest BCUT2D eigenvalue weighted by atomic mass is 16.5. The maximum absolute atomic E-state index is 12.1. The van der Waals surface area contributed by atoms with Gasteiger partial charge in [-0.3, -0.25) is 9.59 Å². The van der Waals surface area contributed by atoms with Gasteiger partial charge >= 0.3 is 0 Å². The van der Waals surface area contributed by atoms with Gasteiger partial charge in [0.05, 0.1) is 20.1 Å². The summed E-state index contributed by atoms with van der Waals surface area (Å²) in [7, 11) is 1.61. The Morgan fingerprint density at radius 3 is 2.54 bits per heavy atom. The molecular formula is C20H22N2O4. The third-order valence-corrected chi connectivity index (χ3v) is 4.30. The largest absolute Gasteiger partial charge is 0.497 e. The molecule has 0 aliphatic carbocycles. The van der Waals surface area contributed by atoms with E-state index in [1.54, 1.807) is 31.1 Å². The fraction of sp³-hybridized carbons (Fsp3) is 0.300. The maximum Gasteiger partial charge on any atom is 0.227 e. The van der Waals surface area contributed by atoms with Crippen LogP contribution in [0.3, 0.4) is 0 Å². The van der Waals surface area contributed by atoms with Crippen LogP contribution in [0.15, 0.2) is 42.5 Å². The molecule has 6 heteroatoms. The Balaban J connectivity index is 1.50. The molecule has 2 aromatic rings. The summed E-state index contributed by atoms with van der Waals surface area (Å²) in [5.41, 5.74) is 2.74. The number of hydrogen-bond acceptors (Lipinski definition) is 4. The second-order valence-corrected chi connectivity index (χ2v) is 6.09. The van der Waals surface area contributed by atoms with Gasteiger partial charge in [0, 0.05) is 24.8 Å². The fourth-order valence-corrected chi connectivity index (χ4v) is 2.96. The molecule has 1 aliphatic heterocycles. The summed E-state index contributed by atoms with van der Waals surface area (Å²) in [6.45, 7) is 2.55. The molecule has 0 atom stereocenters. The van der Waals surface area contributed by atoms with Crippen LogP contribution in [0.1, 0.15) is 18.9 Å². The molecule has 136 valence electrons. The second-order valence-electron chi connectivity index (χ2n) is 6.09. The van der Waals surface area contributed by atoms with Crippen molar-refractivity contribution in [1.29, 1.82) is 0 Å². The van der Waals surface area contributed by atoms with Crippen LogP contribution < -0.4 is 19.7 Å². The zero-order valence-electron chi connectivity index (χ0n) is 15.0. The third-order valence-electron chi connectivity index (χ3n) is 4.30. The highest BCUT2D eigenvalue weighted by Gasteiger charge is 2.22. The van der Waals surface area contributed by atoms with E-state index < -0.39 is 0 Å². The Morgan fingerprint density at radius 2 is 1.85 bits per heavy atom. The van der Waals surface area contributed by atoms with E-state index in [1.807, 2.05) is 30.3 Å². The predicted molar refractivity (Wildman–Crippen MR) is 99.9 cm³/mol. The molecule has 0 saturated carbocycles. The first-order valence-electron chi connectivity index (χ1n) is 8.54. The van der Waals surface area contributed by atoms with E-state index in [4.69, 9.17) is 9.47 Å². The lowest BCUT2D eigenvalue weighted by atomic mass is 10.1. The number of rotatable bonds is 6. The molecular weight excluding hydrogens is 332 g/mol. The number of methoxy groups -OCH3 is 1. The summed E-state index contributed by atoms with van der Waals surface area (Å²) < 4.78 is 10.7. The van der Waals surface area contributed by atoms with Gasteiger partial charge in [0.2, 0.25) is 11.8 Å². The normalized spacial score (nSPS) is 12.5. The number of fused-ring (bicyclic) bond motifs is 1. The van der Waals surface area contributed by atoms with Gasteiger partial charge in [-0.1, -0.05) is 0 Å². The summed E-state index contributed by atoms with van der Waals surface area (Å²) in [6.07, 6.45) is 1.06. The fourth-order valence-electron chi connectivity index (χ4n) is 2.96. The number of carbonyl (C=O) groups is 2. The summed E-state index contributed by atoms with van der Waals surface area (Å²) in [6, 6.07) is 12.9. The van der Waals surface area contributed by atoms with Gasteiger partial charge in [-0.25, -0.2) is 0 Å². The van der Waals surface area contributed by atoms with Crippen LogP contribution in [0, 0.1) is 0 Å². The number of amides is 2. The van der Waals surface area contributed by atoms with E-state index in [2.05, 4.69) is 5.32 Å². The number of ether oxygens (including phenoxy) is 2. The highest BCUT2D eigenvalue weighted by Crippen LogP contribution is 2.30. The Hall–Kier alpha value is -3.02. The van der Waals surface area contributed by atoms with Crippen LogP contribution in [-0.4, -0.2) is 32.1 Å². The molecule has 0 aromatic heterocycles. The lowest BCUT2D eigenvalue weighted by Crippen LogP contribution is -2.25. The van der Waals surface area contributed by atoms with Crippen molar-refractivity contribution in [3.8, 4) is 11.5 Å². The minimum atomic E-state index is -0.111. The molecule has 1 heterocycles. The molecule has 2 aromatic carbocycles. The molecule has 1 aliphatic rings. The van der Waals surface area contributed by atoms with Crippen molar-refractivity contribution < 1.29 is 19.1 Å². The van der Waals surface area contributed by atoms with E-state index in [1.165, 1.54) is 0 Å². The first-order chi connectivity index (χ1) is 12.6. The van der Waals surface area contributed by atoms with Crippen LogP contribution in [0.25, 0.3) is 0 Å². The van der Waals surface area contributed by atoms with Gasteiger partial charge in [-0.15, -0.1) is 0 Å². The molecule has 1 N–H and O–H groups in total. The van der Waals surface area contributed by atoms with E-state index in [9.17, 15) is 9.59 Å². The Labute approximate surface area is 152 Å². The van der Waals surface area contributed by atoms with Gasteiger partial charge in [0.25, 0.3) is 0 Å². The standard InChI is InChI=1S/C20H22N2O4/c1-14(23)22-11-9-15-13-16(3-8-19(15)22)21-20(24)10-12-26-18-6-4-17(25-2)5-7-18/h3-8,13H,9-12H2,1-2H3,(H,21,24). The summed E-state index contributed by atoms with van der Waals surface area (Å²) in [5.74, 6) is 1.38. The zero-order chi connectivity index (χ0) is 18.5. The maximum atomic E-state index is 12.1. The zero-order valence-corrected chi connectivity index (χ0v) is 15.0. The Bertz CT molecular complexity index is 802. The molecule has 0 bridgehead atoms. The lowest BCUT2D eigenvalue weighted by Gasteiger charge is -2.15. The van der Waals surface area contributed by atoms with Crippen molar-refractivity contribution in [1.82, 2.24) is 0 Å². The number of benzene rings is 2. The first kappa shape index (κ1) is 17.8. The molecule has 0 radical (unpaired) electrons. The monoisotopic (exact) mass is 354 g/mol. The predicted octanol–water partition coefficient (Wildman–Crippen LogP) is 3.01. The van der Waals surface area contributed by atoms with Crippen molar-refractivity contribution in [2.75, 3.05) is 30.5 Å². The summed E-state index contributed by atoms with van der Waals surface area (Å²) >= 11 is 0. The van der Waals surface area contributed by atoms with Crippen LogP contribution >= 0.6 is 0 Å². The molecule has 6 nitrogen and oxygen atoms in total. The van der Waals surface area contributed by atoms with E-state index >= 15 is 0 Å². The average Bonchev–Trinajstić information content (AvgIpc) is 3.06. The molecule has 0 unspecified atom stereocenters. The molecule has 2 amide bonds. The quantitative estimate of drug-likeness (QED) is 0.866. The highest BCUT2D eigenvalue weighted by molar-refractivity contribution is 5.95. The number of anilines is 2. The van der Waals surface area contributed by atoms with Crippen LogP contribution in [0.5, 0.6) is 11.5 Å². The smallest absolute Gasteiger partial charge is 0.227 e. The van der Waals surface area contributed by atoms with Crippen molar-refractivity contribution in [2.24, 2.45) is 0 Å². The summed E-state index contributed by atoms with van der Waals surface area (Å²) in [5, 5.41) is 2.88. The Kier molecular flexibility index (Phi) is 5.41. The third kappa shape index (κ3) is 4.14. The van der Waals surface area contributed by atoms with E-state index in [0.717, 1.165) is 29.1 Å². The van der Waals surface area contributed by atoms with Gasteiger partial charge < -0.3 is 19.7 Å². The summed E-state index contributed by atoms with van der Waals surface area (Å²) in [4.78, 5) is 25.4. The van der Waals surface area contributed by atoms with E-state index in [0.29, 0.717) is 18.9 Å². The van der Waals surface area contributed by atoms with Gasteiger partial charge in [0.1, 0.15) is 11.5 Å². The number of hydrogen-bond donors (Lipinski definition) is 1. The van der Waals surface area contributed by atoms with Crippen molar-refractivity contribution in [2.45, 2.75) is 19.8 Å². The number of nitrogens with zero attached hydrogens (tertiary/aromatic N) is 1. The molecule has 26 heavy (non-hydrogen) atoms. The molecule has 0 spiro atoms. The topological polar surface area (TPSA) is 67.9 Å². The number of carbonyl (C=O) groups excluding carboxylic acids is 2. The minimum absolute atomic E-state index is 0.0382. The van der Waals surface area contributed by atoms with Gasteiger partial charge in [0.15, 0.2) is 0 Å². The van der Waals surface area contributed by atoms with Crippen molar-refractivity contribution >= 4 is 23.2 Å². The van der Waals surface area contributed by atoms with Crippen molar-refractivity contribution in [3.63, 3.8) is 0 Å². The molecule has 3 rings (SSSR count). The van der Waals surface area contributed by atoms with Crippen LogP contribution in [0.2, 0.25) is 0 Å². The molecule has 0 saturated heterocycles.